The summed E-state index contributed by atoms with van der Waals surface area (Å²) in [6.45, 7) is 2.82. The van der Waals surface area contributed by atoms with Crippen LogP contribution in [-0.2, 0) is 16.0 Å². The van der Waals surface area contributed by atoms with E-state index in [4.69, 9.17) is 0 Å². The molecule has 1 amide bonds. The van der Waals surface area contributed by atoms with E-state index in [0.717, 1.165) is 12.1 Å². The average Bonchev–Trinajstić information content (AvgIpc) is 2.99. The van der Waals surface area contributed by atoms with E-state index in [-0.39, 0.29) is 12.3 Å². The molecule has 1 saturated heterocycles. The van der Waals surface area contributed by atoms with Gasteiger partial charge in [-0.3, -0.25) is 14.7 Å². The smallest absolute Gasteiger partial charge is 0.311 e. The lowest BCUT2D eigenvalue weighted by molar-refractivity contribution is -0.149. The fourth-order valence-electron chi connectivity index (χ4n) is 2.71. The Morgan fingerprint density at radius 2 is 2.37 bits per heavy atom. The molecule has 6 nitrogen and oxygen atoms in total. The second-order valence-corrected chi connectivity index (χ2v) is 5.16. The van der Waals surface area contributed by atoms with Gasteiger partial charge >= 0.3 is 5.97 Å². The summed E-state index contributed by atoms with van der Waals surface area (Å²) in [6.07, 6.45) is 3.84. The molecular weight excluding hydrogens is 246 g/mol. The van der Waals surface area contributed by atoms with Crippen molar-refractivity contribution in [3.05, 3.63) is 18.0 Å². The van der Waals surface area contributed by atoms with Crippen LogP contribution in [0.25, 0.3) is 0 Å². The van der Waals surface area contributed by atoms with Gasteiger partial charge in [0.15, 0.2) is 0 Å². The Bertz CT molecular complexity index is 458. The summed E-state index contributed by atoms with van der Waals surface area (Å²) < 4.78 is 0. The second kappa shape index (κ2) is 5.42. The van der Waals surface area contributed by atoms with Crippen LogP contribution in [0.1, 0.15) is 31.9 Å². The maximum atomic E-state index is 12.1. The minimum Gasteiger partial charge on any atom is -0.481 e. The summed E-state index contributed by atoms with van der Waals surface area (Å²) in [5.41, 5.74) is 0.00611. The van der Waals surface area contributed by atoms with Gasteiger partial charge in [-0.25, -0.2) is 0 Å². The lowest BCUT2D eigenvalue weighted by Crippen LogP contribution is -2.37. The third-order valence-corrected chi connectivity index (χ3v) is 3.79. The number of carboxylic acid groups (broad SMARTS) is 1. The number of hydrogen-bond donors (Lipinski definition) is 2. The van der Waals surface area contributed by atoms with E-state index in [9.17, 15) is 14.7 Å². The van der Waals surface area contributed by atoms with E-state index in [1.54, 1.807) is 17.2 Å². The summed E-state index contributed by atoms with van der Waals surface area (Å²) in [5, 5.41) is 15.9. The summed E-state index contributed by atoms with van der Waals surface area (Å²) in [6, 6.07) is 1.75. The molecule has 2 rings (SSSR count). The van der Waals surface area contributed by atoms with E-state index < -0.39 is 11.4 Å². The minimum atomic E-state index is -0.786. The van der Waals surface area contributed by atoms with Crippen LogP contribution in [0, 0.1) is 5.41 Å². The van der Waals surface area contributed by atoms with E-state index in [2.05, 4.69) is 10.2 Å². The Balaban J connectivity index is 2.00. The molecule has 0 spiro atoms. The van der Waals surface area contributed by atoms with Gasteiger partial charge in [-0.2, -0.15) is 5.10 Å². The van der Waals surface area contributed by atoms with Crippen molar-refractivity contribution in [3.63, 3.8) is 0 Å². The molecule has 1 aromatic rings. The Morgan fingerprint density at radius 3 is 2.95 bits per heavy atom. The van der Waals surface area contributed by atoms with Gasteiger partial charge in [0.05, 0.1) is 11.8 Å². The third kappa shape index (κ3) is 2.77. The minimum absolute atomic E-state index is 0.0384. The molecule has 1 atom stereocenters. The highest BCUT2D eigenvalue weighted by molar-refractivity contribution is 5.81. The highest BCUT2D eigenvalue weighted by Crippen LogP contribution is 2.35. The first-order chi connectivity index (χ1) is 9.07. The van der Waals surface area contributed by atoms with E-state index in [1.807, 2.05) is 6.92 Å². The van der Waals surface area contributed by atoms with Crippen LogP contribution in [0.15, 0.2) is 12.3 Å². The zero-order valence-corrected chi connectivity index (χ0v) is 11.1. The van der Waals surface area contributed by atoms with Gasteiger partial charge in [-0.1, -0.05) is 13.3 Å². The number of rotatable bonds is 5. The van der Waals surface area contributed by atoms with Gasteiger partial charge in [0.1, 0.15) is 0 Å². The zero-order chi connectivity index (χ0) is 13.9. The number of nitrogens with zero attached hydrogens (tertiary/aromatic N) is 2. The largest absolute Gasteiger partial charge is 0.481 e. The molecule has 104 valence electrons. The highest BCUT2D eigenvalue weighted by atomic mass is 16.4. The zero-order valence-electron chi connectivity index (χ0n) is 11.1. The normalized spacial score (nSPS) is 22.7. The molecule has 0 aromatic carbocycles. The van der Waals surface area contributed by atoms with Crippen LogP contribution in [0.5, 0.6) is 0 Å². The fourth-order valence-corrected chi connectivity index (χ4v) is 2.71. The first-order valence-corrected chi connectivity index (χ1v) is 6.57. The molecule has 2 N–H and O–H groups in total. The standard InChI is InChI=1S/C13H19N3O3/c1-2-4-13(12(18)19)5-7-16(9-13)11(17)8-10-3-6-14-15-10/h3,6H,2,4-5,7-9H2,1H3,(H,14,15)(H,18,19). The first-order valence-electron chi connectivity index (χ1n) is 6.57. The average molecular weight is 265 g/mol. The van der Waals surface area contributed by atoms with Crippen molar-refractivity contribution in [3.8, 4) is 0 Å². The molecule has 1 aromatic heterocycles. The van der Waals surface area contributed by atoms with Crippen LogP contribution in [0.3, 0.4) is 0 Å². The molecule has 0 radical (unpaired) electrons. The predicted octanol–water partition coefficient (Wildman–Crippen LogP) is 1.06. The van der Waals surface area contributed by atoms with Gasteiger partial charge in [-0.15, -0.1) is 0 Å². The van der Waals surface area contributed by atoms with Crippen molar-refractivity contribution < 1.29 is 14.7 Å². The molecule has 2 heterocycles. The van der Waals surface area contributed by atoms with Crippen molar-refractivity contribution in [2.45, 2.75) is 32.6 Å². The van der Waals surface area contributed by atoms with Crippen LogP contribution in [-0.4, -0.2) is 45.2 Å². The van der Waals surface area contributed by atoms with Crippen molar-refractivity contribution in [2.24, 2.45) is 5.41 Å². The Hall–Kier alpha value is -1.85. The predicted molar refractivity (Wildman–Crippen MR) is 68.5 cm³/mol. The Morgan fingerprint density at radius 1 is 1.58 bits per heavy atom. The molecule has 1 fully saturated rings. The molecule has 1 unspecified atom stereocenters. The monoisotopic (exact) mass is 265 g/mol. The van der Waals surface area contributed by atoms with Gasteiger partial charge in [0, 0.05) is 25.0 Å². The fraction of sp³-hybridized carbons (Fsp3) is 0.615. The van der Waals surface area contributed by atoms with Crippen molar-refractivity contribution >= 4 is 11.9 Å². The molecule has 0 aliphatic carbocycles. The maximum absolute atomic E-state index is 12.1. The van der Waals surface area contributed by atoms with Gasteiger partial charge < -0.3 is 10.0 Å². The molecular formula is C13H19N3O3. The van der Waals surface area contributed by atoms with E-state index in [1.165, 1.54) is 0 Å². The number of carbonyl (C=O) groups is 2. The molecule has 1 aliphatic heterocycles. The van der Waals surface area contributed by atoms with Crippen LogP contribution >= 0.6 is 0 Å². The molecule has 0 saturated carbocycles. The third-order valence-electron chi connectivity index (χ3n) is 3.79. The lowest BCUT2D eigenvalue weighted by atomic mass is 9.83. The lowest BCUT2D eigenvalue weighted by Gasteiger charge is -2.24. The summed E-state index contributed by atoms with van der Waals surface area (Å²) in [4.78, 5) is 25.2. The number of H-pyrrole nitrogens is 1. The number of amides is 1. The first kappa shape index (κ1) is 13.6. The highest BCUT2D eigenvalue weighted by Gasteiger charge is 2.45. The molecule has 6 heteroatoms. The number of carboxylic acids is 1. The number of hydrogen-bond acceptors (Lipinski definition) is 3. The molecule has 0 bridgehead atoms. The van der Waals surface area contributed by atoms with Gasteiger partial charge in [0.2, 0.25) is 5.91 Å². The number of aromatic amines is 1. The van der Waals surface area contributed by atoms with Crippen molar-refractivity contribution in [1.29, 1.82) is 0 Å². The van der Waals surface area contributed by atoms with Crippen LogP contribution < -0.4 is 0 Å². The number of carbonyl (C=O) groups excluding carboxylic acids is 1. The topological polar surface area (TPSA) is 86.3 Å². The number of nitrogens with one attached hydrogen (secondary N) is 1. The van der Waals surface area contributed by atoms with Gasteiger partial charge in [0.25, 0.3) is 0 Å². The second-order valence-electron chi connectivity index (χ2n) is 5.16. The van der Waals surface area contributed by atoms with Crippen LogP contribution in [0.2, 0.25) is 0 Å². The number of aliphatic carboxylic acids is 1. The van der Waals surface area contributed by atoms with E-state index in [0.29, 0.717) is 25.9 Å². The summed E-state index contributed by atoms with van der Waals surface area (Å²) in [7, 11) is 0. The van der Waals surface area contributed by atoms with Crippen molar-refractivity contribution in [1.82, 2.24) is 15.1 Å². The summed E-state index contributed by atoms with van der Waals surface area (Å²) >= 11 is 0. The van der Waals surface area contributed by atoms with Gasteiger partial charge in [-0.05, 0) is 18.9 Å². The van der Waals surface area contributed by atoms with Crippen molar-refractivity contribution in [2.75, 3.05) is 13.1 Å². The molecule has 1 aliphatic rings. The number of likely N-dealkylation sites (tertiary alicyclic amines) is 1. The Labute approximate surface area is 111 Å². The maximum Gasteiger partial charge on any atom is 0.311 e. The SMILES string of the molecule is CCCC1(C(=O)O)CCN(C(=O)Cc2ccn[nH]2)C1. The Kier molecular flexibility index (Phi) is 3.87. The number of aromatic nitrogens is 2. The van der Waals surface area contributed by atoms with Crippen LogP contribution in [0.4, 0.5) is 0 Å². The summed E-state index contributed by atoms with van der Waals surface area (Å²) in [5.74, 6) is -0.824. The van der Waals surface area contributed by atoms with E-state index >= 15 is 0 Å². The molecule has 19 heavy (non-hydrogen) atoms. The quantitative estimate of drug-likeness (QED) is 0.833.